The Morgan fingerprint density at radius 1 is 1.10 bits per heavy atom. The van der Waals surface area contributed by atoms with Crippen LogP contribution in [0.4, 0.5) is 24.5 Å². The molecular formula is C23H26F3N3O2. The summed E-state index contributed by atoms with van der Waals surface area (Å²) >= 11 is 0. The van der Waals surface area contributed by atoms with Gasteiger partial charge in [-0.3, -0.25) is 9.59 Å². The first kappa shape index (κ1) is 22.7. The van der Waals surface area contributed by atoms with Gasteiger partial charge in [-0.05, 0) is 50.1 Å². The van der Waals surface area contributed by atoms with E-state index in [1.807, 2.05) is 19.1 Å². The van der Waals surface area contributed by atoms with Crippen LogP contribution in [-0.2, 0) is 11.0 Å². The molecule has 3 rings (SSSR count). The second kappa shape index (κ2) is 8.99. The number of amides is 2. The molecule has 0 aliphatic carbocycles. The summed E-state index contributed by atoms with van der Waals surface area (Å²) in [4.78, 5) is 28.7. The van der Waals surface area contributed by atoms with Gasteiger partial charge in [0.2, 0.25) is 5.91 Å². The van der Waals surface area contributed by atoms with E-state index in [4.69, 9.17) is 0 Å². The number of hydrogen-bond acceptors (Lipinski definition) is 3. The molecule has 0 saturated carbocycles. The Morgan fingerprint density at radius 3 is 2.39 bits per heavy atom. The normalized spacial score (nSPS) is 16.7. The maximum Gasteiger partial charge on any atom is 0.418 e. The number of carbonyl (C=O) groups excluding carboxylic acids is 2. The number of nitrogens with zero attached hydrogens (tertiary/aromatic N) is 2. The summed E-state index contributed by atoms with van der Waals surface area (Å²) in [6.45, 7) is 2.62. The predicted molar refractivity (Wildman–Crippen MR) is 114 cm³/mol. The van der Waals surface area contributed by atoms with Crippen molar-refractivity contribution in [2.24, 2.45) is 5.92 Å². The van der Waals surface area contributed by atoms with E-state index in [9.17, 15) is 22.8 Å². The third-order valence-electron chi connectivity index (χ3n) is 5.46. The third kappa shape index (κ3) is 5.37. The van der Waals surface area contributed by atoms with Crippen LogP contribution in [0.5, 0.6) is 0 Å². The molecule has 1 heterocycles. The van der Waals surface area contributed by atoms with E-state index in [1.54, 1.807) is 36.0 Å². The van der Waals surface area contributed by atoms with E-state index in [0.29, 0.717) is 30.6 Å². The van der Waals surface area contributed by atoms with E-state index >= 15 is 0 Å². The molecule has 1 saturated heterocycles. The summed E-state index contributed by atoms with van der Waals surface area (Å²) in [7, 11) is 3.30. The Kier molecular flexibility index (Phi) is 6.57. The number of hydrogen-bond donors (Lipinski definition) is 1. The first-order valence-electron chi connectivity index (χ1n) is 10.1. The Bertz CT molecular complexity index is 956. The number of alkyl halides is 3. The van der Waals surface area contributed by atoms with Crippen molar-refractivity contribution < 1.29 is 22.8 Å². The predicted octanol–water partition coefficient (Wildman–Crippen LogP) is 4.57. The maximum atomic E-state index is 13.5. The van der Waals surface area contributed by atoms with Gasteiger partial charge in [-0.25, -0.2) is 0 Å². The molecule has 5 nitrogen and oxygen atoms in total. The lowest BCUT2D eigenvalue weighted by atomic mass is 9.96. The lowest BCUT2D eigenvalue weighted by Gasteiger charge is -2.32. The Morgan fingerprint density at radius 2 is 1.77 bits per heavy atom. The highest BCUT2D eigenvalue weighted by Gasteiger charge is 2.36. The molecule has 1 aliphatic rings. The summed E-state index contributed by atoms with van der Waals surface area (Å²) < 4.78 is 40.6. The summed E-state index contributed by atoms with van der Waals surface area (Å²) in [6, 6.07) is 11.0. The van der Waals surface area contributed by atoms with Gasteiger partial charge in [-0.15, -0.1) is 0 Å². The number of carbonyl (C=O) groups is 2. The van der Waals surface area contributed by atoms with Crippen LogP contribution in [0.25, 0.3) is 0 Å². The van der Waals surface area contributed by atoms with Crippen LogP contribution < -0.4 is 10.2 Å². The molecule has 1 fully saturated rings. The molecule has 0 spiro atoms. The molecule has 1 N–H and O–H groups in total. The standard InChI is InChI=1S/C23H26F3N3O2/c1-15-6-8-16(9-7-15)22(31)29-12-4-5-17(14-29)21(30)27-20-11-10-18(28(2)3)13-19(20)23(24,25)26/h6-11,13,17H,4-5,12,14H2,1-3H3,(H,27,30). The summed E-state index contributed by atoms with van der Waals surface area (Å²) in [6.07, 6.45) is -3.48. The van der Waals surface area contributed by atoms with Crippen molar-refractivity contribution in [1.29, 1.82) is 0 Å². The molecule has 2 aromatic carbocycles. The summed E-state index contributed by atoms with van der Waals surface area (Å²) in [5.74, 6) is -1.26. The molecule has 8 heteroatoms. The Labute approximate surface area is 179 Å². The largest absolute Gasteiger partial charge is 0.418 e. The average molecular weight is 433 g/mol. The van der Waals surface area contributed by atoms with E-state index < -0.39 is 23.6 Å². The van der Waals surface area contributed by atoms with Crippen LogP contribution >= 0.6 is 0 Å². The van der Waals surface area contributed by atoms with Gasteiger partial charge in [0.05, 0.1) is 17.2 Å². The van der Waals surface area contributed by atoms with Gasteiger partial charge in [-0.2, -0.15) is 13.2 Å². The number of anilines is 2. The van der Waals surface area contributed by atoms with Crippen LogP contribution in [-0.4, -0.2) is 43.9 Å². The summed E-state index contributed by atoms with van der Waals surface area (Å²) in [5.41, 5.74) is 0.789. The number of likely N-dealkylation sites (tertiary alicyclic amines) is 1. The fourth-order valence-electron chi connectivity index (χ4n) is 3.64. The van der Waals surface area contributed by atoms with E-state index in [1.165, 1.54) is 12.1 Å². The summed E-state index contributed by atoms with van der Waals surface area (Å²) in [5, 5.41) is 2.44. The second-order valence-electron chi connectivity index (χ2n) is 8.07. The number of rotatable bonds is 4. The highest BCUT2D eigenvalue weighted by molar-refractivity contribution is 5.96. The molecule has 166 valence electrons. The number of piperidine rings is 1. The number of aryl methyl sites for hydroxylation is 1. The van der Waals surface area contributed by atoms with E-state index in [0.717, 1.165) is 11.6 Å². The minimum absolute atomic E-state index is 0.176. The van der Waals surface area contributed by atoms with Crippen molar-refractivity contribution >= 4 is 23.2 Å². The van der Waals surface area contributed by atoms with Crippen molar-refractivity contribution in [2.75, 3.05) is 37.4 Å². The van der Waals surface area contributed by atoms with Crippen molar-refractivity contribution in [2.45, 2.75) is 25.9 Å². The highest BCUT2D eigenvalue weighted by atomic mass is 19.4. The smallest absolute Gasteiger partial charge is 0.378 e. The van der Waals surface area contributed by atoms with Gasteiger partial charge in [0, 0.05) is 38.4 Å². The minimum Gasteiger partial charge on any atom is -0.378 e. The first-order valence-corrected chi connectivity index (χ1v) is 10.1. The number of halogens is 3. The molecule has 0 aromatic heterocycles. The van der Waals surface area contributed by atoms with Gasteiger partial charge < -0.3 is 15.1 Å². The van der Waals surface area contributed by atoms with Crippen LogP contribution in [0.15, 0.2) is 42.5 Å². The number of nitrogens with one attached hydrogen (secondary N) is 1. The van der Waals surface area contributed by atoms with Gasteiger partial charge in [0.15, 0.2) is 0 Å². The second-order valence-corrected chi connectivity index (χ2v) is 8.07. The van der Waals surface area contributed by atoms with Crippen LogP contribution in [0, 0.1) is 12.8 Å². The SMILES string of the molecule is Cc1ccc(C(=O)N2CCCC(C(=O)Nc3ccc(N(C)C)cc3C(F)(F)F)C2)cc1. The van der Waals surface area contributed by atoms with Crippen LogP contribution in [0.2, 0.25) is 0 Å². The molecule has 0 radical (unpaired) electrons. The van der Waals surface area contributed by atoms with Crippen molar-refractivity contribution in [3.05, 3.63) is 59.2 Å². The molecule has 1 unspecified atom stereocenters. The fraction of sp³-hybridized carbons (Fsp3) is 0.391. The zero-order chi connectivity index (χ0) is 22.8. The Balaban J connectivity index is 1.74. The van der Waals surface area contributed by atoms with E-state index in [2.05, 4.69) is 5.32 Å². The van der Waals surface area contributed by atoms with Crippen molar-refractivity contribution in [3.8, 4) is 0 Å². The Hall–Kier alpha value is -3.03. The van der Waals surface area contributed by atoms with Gasteiger partial charge in [0.1, 0.15) is 0 Å². The first-order chi connectivity index (χ1) is 14.6. The van der Waals surface area contributed by atoms with E-state index in [-0.39, 0.29) is 18.1 Å². The van der Waals surface area contributed by atoms with Crippen molar-refractivity contribution in [1.82, 2.24) is 4.90 Å². The molecular weight excluding hydrogens is 407 g/mol. The van der Waals surface area contributed by atoms with Crippen LogP contribution in [0.1, 0.15) is 34.3 Å². The number of benzene rings is 2. The average Bonchev–Trinajstić information content (AvgIpc) is 2.73. The fourth-order valence-corrected chi connectivity index (χ4v) is 3.64. The van der Waals surface area contributed by atoms with Crippen molar-refractivity contribution in [3.63, 3.8) is 0 Å². The molecule has 1 aliphatic heterocycles. The zero-order valence-electron chi connectivity index (χ0n) is 17.8. The van der Waals surface area contributed by atoms with Gasteiger partial charge in [0.25, 0.3) is 5.91 Å². The third-order valence-corrected chi connectivity index (χ3v) is 5.46. The van der Waals surface area contributed by atoms with Gasteiger partial charge in [-0.1, -0.05) is 17.7 Å². The van der Waals surface area contributed by atoms with Gasteiger partial charge >= 0.3 is 6.18 Å². The molecule has 31 heavy (non-hydrogen) atoms. The molecule has 0 bridgehead atoms. The zero-order valence-corrected chi connectivity index (χ0v) is 17.8. The molecule has 2 amide bonds. The minimum atomic E-state index is -4.60. The molecule has 2 aromatic rings. The topological polar surface area (TPSA) is 52.7 Å². The monoisotopic (exact) mass is 433 g/mol. The van der Waals surface area contributed by atoms with Crippen LogP contribution in [0.3, 0.4) is 0 Å². The lowest BCUT2D eigenvalue weighted by molar-refractivity contribution is -0.137. The quantitative estimate of drug-likeness (QED) is 0.769. The molecule has 1 atom stereocenters. The maximum absolute atomic E-state index is 13.5. The lowest BCUT2D eigenvalue weighted by Crippen LogP contribution is -2.43. The highest BCUT2D eigenvalue weighted by Crippen LogP contribution is 2.37.